The molecule has 8 nitrogen and oxygen atoms in total. The second kappa shape index (κ2) is 11.1. The smallest absolute Gasteiger partial charge is 0.424 e. The topological polar surface area (TPSA) is 106 Å². The number of carbonyl (C=O) groups is 2. The van der Waals surface area contributed by atoms with Crippen LogP contribution in [0.5, 0.6) is 0 Å². The third-order valence-corrected chi connectivity index (χ3v) is 2.39. The van der Waals surface area contributed by atoms with Crippen molar-refractivity contribution >= 4 is 12.2 Å². The maximum absolute atomic E-state index is 11.8. The molecule has 0 fully saturated rings. The molecule has 130 valence electrons. The number of hydrazine groups is 1. The van der Waals surface area contributed by atoms with E-state index >= 15 is 0 Å². The molecule has 2 amide bonds. The average molecular weight is 318 g/mol. The second-order valence-electron chi connectivity index (χ2n) is 5.75. The highest BCUT2D eigenvalue weighted by Gasteiger charge is 2.16. The van der Waals surface area contributed by atoms with Crippen molar-refractivity contribution in [3.63, 3.8) is 0 Å². The molecule has 0 aliphatic rings. The van der Waals surface area contributed by atoms with Gasteiger partial charge in [-0.05, 0) is 27.2 Å². The zero-order valence-corrected chi connectivity index (χ0v) is 14.1. The van der Waals surface area contributed by atoms with Gasteiger partial charge in [0.25, 0.3) is 0 Å². The second-order valence-corrected chi connectivity index (χ2v) is 5.75. The molecular formula is C14H30N4O4. The van der Waals surface area contributed by atoms with Crippen molar-refractivity contribution in [2.24, 2.45) is 5.73 Å². The monoisotopic (exact) mass is 318 g/mol. The van der Waals surface area contributed by atoms with Crippen LogP contribution in [0.15, 0.2) is 0 Å². The molecule has 0 atom stereocenters. The standard InChI is InChI=1S/C14H30N4O4/c1-5-6-11-21-13(20)18(10-7-15)17-9-8-16-12(19)22-14(2,3)4/h17H,5-11,15H2,1-4H3,(H,16,19). The number of rotatable bonds is 9. The first-order valence-corrected chi connectivity index (χ1v) is 7.65. The van der Waals surface area contributed by atoms with Gasteiger partial charge < -0.3 is 20.5 Å². The summed E-state index contributed by atoms with van der Waals surface area (Å²) >= 11 is 0. The van der Waals surface area contributed by atoms with Crippen LogP contribution in [0.4, 0.5) is 9.59 Å². The first-order valence-electron chi connectivity index (χ1n) is 7.65. The molecule has 0 heterocycles. The number of alkyl carbamates (subject to hydrolysis) is 1. The molecular weight excluding hydrogens is 288 g/mol. The fraction of sp³-hybridized carbons (Fsp3) is 0.857. The molecule has 0 aliphatic heterocycles. The van der Waals surface area contributed by atoms with Gasteiger partial charge in [0, 0.05) is 19.6 Å². The minimum absolute atomic E-state index is 0.315. The number of nitrogens with zero attached hydrogens (tertiary/aromatic N) is 1. The van der Waals surface area contributed by atoms with E-state index in [4.69, 9.17) is 15.2 Å². The van der Waals surface area contributed by atoms with Crippen molar-refractivity contribution in [2.45, 2.75) is 46.1 Å². The first-order chi connectivity index (χ1) is 10.3. The molecule has 0 aromatic heterocycles. The van der Waals surface area contributed by atoms with Gasteiger partial charge in [0.15, 0.2) is 0 Å². The third-order valence-electron chi connectivity index (χ3n) is 2.39. The van der Waals surface area contributed by atoms with Crippen LogP contribution in [0.25, 0.3) is 0 Å². The van der Waals surface area contributed by atoms with Crippen LogP contribution >= 0.6 is 0 Å². The molecule has 0 aromatic carbocycles. The first kappa shape index (κ1) is 20.5. The molecule has 0 spiro atoms. The van der Waals surface area contributed by atoms with Crippen LogP contribution in [-0.4, -0.2) is 55.6 Å². The van der Waals surface area contributed by atoms with Gasteiger partial charge >= 0.3 is 12.2 Å². The molecule has 0 aromatic rings. The highest BCUT2D eigenvalue weighted by molar-refractivity contribution is 5.68. The molecule has 0 bridgehead atoms. The quantitative estimate of drug-likeness (QED) is 0.436. The summed E-state index contributed by atoms with van der Waals surface area (Å²) in [5.74, 6) is 0. The van der Waals surface area contributed by atoms with Crippen molar-refractivity contribution in [1.82, 2.24) is 15.8 Å². The van der Waals surface area contributed by atoms with Gasteiger partial charge in [0.05, 0.1) is 13.2 Å². The summed E-state index contributed by atoms with van der Waals surface area (Å²) in [6, 6.07) is 0. The number of carbonyl (C=O) groups excluding carboxylic acids is 2. The minimum Gasteiger partial charge on any atom is -0.448 e. The van der Waals surface area contributed by atoms with Crippen LogP contribution in [0.2, 0.25) is 0 Å². The zero-order valence-electron chi connectivity index (χ0n) is 14.1. The van der Waals surface area contributed by atoms with Crippen molar-refractivity contribution in [3.8, 4) is 0 Å². The zero-order chi connectivity index (χ0) is 17.0. The van der Waals surface area contributed by atoms with Gasteiger partial charge in [0.2, 0.25) is 0 Å². The fourth-order valence-electron chi connectivity index (χ4n) is 1.42. The molecule has 0 unspecified atom stereocenters. The summed E-state index contributed by atoms with van der Waals surface area (Å²) in [4.78, 5) is 23.2. The maximum Gasteiger partial charge on any atom is 0.424 e. The molecule has 0 aliphatic carbocycles. The number of nitrogens with one attached hydrogen (secondary N) is 2. The molecule has 22 heavy (non-hydrogen) atoms. The highest BCUT2D eigenvalue weighted by atomic mass is 16.6. The summed E-state index contributed by atoms with van der Waals surface area (Å²) in [5, 5.41) is 3.91. The molecule has 0 saturated carbocycles. The van der Waals surface area contributed by atoms with E-state index in [1.54, 1.807) is 20.8 Å². The Balaban J connectivity index is 3.99. The van der Waals surface area contributed by atoms with E-state index in [2.05, 4.69) is 10.7 Å². The predicted molar refractivity (Wildman–Crippen MR) is 84.3 cm³/mol. The van der Waals surface area contributed by atoms with Crippen molar-refractivity contribution in [2.75, 3.05) is 32.8 Å². The van der Waals surface area contributed by atoms with E-state index < -0.39 is 17.8 Å². The van der Waals surface area contributed by atoms with Crippen LogP contribution < -0.4 is 16.5 Å². The van der Waals surface area contributed by atoms with Crippen LogP contribution in [0.3, 0.4) is 0 Å². The Kier molecular flexibility index (Phi) is 10.3. The van der Waals surface area contributed by atoms with Gasteiger partial charge in [-0.1, -0.05) is 13.3 Å². The summed E-state index contributed by atoms with van der Waals surface area (Å²) in [6.45, 7) is 9.10. The van der Waals surface area contributed by atoms with Crippen LogP contribution in [0.1, 0.15) is 40.5 Å². The summed E-state index contributed by atoms with van der Waals surface area (Å²) in [6.07, 6.45) is 0.821. The number of nitrogens with two attached hydrogens (primary N) is 1. The lowest BCUT2D eigenvalue weighted by atomic mass is 10.2. The van der Waals surface area contributed by atoms with Crippen molar-refractivity contribution in [3.05, 3.63) is 0 Å². The Hall–Kier alpha value is -1.54. The maximum atomic E-state index is 11.8. The van der Waals surface area contributed by atoms with Crippen LogP contribution in [0, 0.1) is 0 Å². The van der Waals surface area contributed by atoms with E-state index in [1.165, 1.54) is 5.01 Å². The van der Waals surface area contributed by atoms with E-state index in [1.807, 2.05) is 6.92 Å². The Bertz CT molecular complexity index is 331. The number of amides is 2. The Morgan fingerprint density at radius 2 is 1.91 bits per heavy atom. The Labute approximate surface area is 132 Å². The minimum atomic E-state index is -0.536. The molecule has 0 rings (SSSR count). The highest BCUT2D eigenvalue weighted by Crippen LogP contribution is 2.05. The fourth-order valence-corrected chi connectivity index (χ4v) is 1.42. The van der Waals surface area contributed by atoms with Gasteiger partial charge in [-0.15, -0.1) is 0 Å². The molecule has 8 heteroatoms. The van der Waals surface area contributed by atoms with E-state index in [9.17, 15) is 9.59 Å². The molecule has 4 N–H and O–H groups in total. The van der Waals surface area contributed by atoms with E-state index in [0.29, 0.717) is 32.8 Å². The largest absolute Gasteiger partial charge is 0.448 e. The lowest BCUT2D eigenvalue weighted by Gasteiger charge is -2.23. The van der Waals surface area contributed by atoms with Gasteiger partial charge in [-0.3, -0.25) is 0 Å². The predicted octanol–water partition coefficient (Wildman–Crippen LogP) is 1.21. The number of unbranched alkanes of at least 4 members (excludes halogenated alkanes) is 1. The lowest BCUT2D eigenvalue weighted by molar-refractivity contribution is 0.0522. The summed E-state index contributed by atoms with van der Waals surface area (Å²) in [7, 11) is 0. The van der Waals surface area contributed by atoms with Gasteiger partial charge in [-0.25, -0.2) is 20.0 Å². The van der Waals surface area contributed by atoms with Crippen molar-refractivity contribution in [1.29, 1.82) is 0 Å². The lowest BCUT2D eigenvalue weighted by Crippen LogP contribution is -2.48. The SMILES string of the molecule is CCCCOC(=O)N(CCN)NCCNC(=O)OC(C)(C)C. The average Bonchev–Trinajstić information content (AvgIpc) is 2.40. The number of hydrogen-bond donors (Lipinski definition) is 3. The van der Waals surface area contributed by atoms with Gasteiger partial charge in [0.1, 0.15) is 5.60 Å². The molecule has 0 radical (unpaired) electrons. The third kappa shape index (κ3) is 11.2. The summed E-state index contributed by atoms with van der Waals surface area (Å²) < 4.78 is 10.2. The van der Waals surface area contributed by atoms with Crippen molar-refractivity contribution < 1.29 is 19.1 Å². The van der Waals surface area contributed by atoms with Crippen LogP contribution in [-0.2, 0) is 9.47 Å². The Morgan fingerprint density at radius 3 is 2.45 bits per heavy atom. The number of ether oxygens (including phenoxy) is 2. The number of hydrogen-bond acceptors (Lipinski definition) is 6. The normalized spacial score (nSPS) is 11.0. The van der Waals surface area contributed by atoms with E-state index in [0.717, 1.165) is 12.8 Å². The molecule has 0 saturated heterocycles. The Morgan fingerprint density at radius 1 is 1.23 bits per heavy atom. The van der Waals surface area contributed by atoms with E-state index in [-0.39, 0.29) is 0 Å². The van der Waals surface area contributed by atoms with Gasteiger partial charge in [-0.2, -0.15) is 0 Å². The summed E-state index contributed by atoms with van der Waals surface area (Å²) in [5.41, 5.74) is 7.80.